The van der Waals surface area contributed by atoms with E-state index in [1.807, 2.05) is 0 Å². The van der Waals surface area contributed by atoms with Crippen LogP contribution in [0.4, 0.5) is 0 Å². The zero-order chi connectivity index (χ0) is 25.0. The van der Waals surface area contributed by atoms with Gasteiger partial charge in [-0.3, -0.25) is 19.4 Å². The first-order chi connectivity index (χ1) is 14.8. The molecule has 0 rings (SSSR count). The van der Waals surface area contributed by atoms with Crippen LogP contribution in [-0.4, -0.2) is 82.4 Å². The van der Waals surface area contributed by atoms with E-state index in [0.717, 1.165) is 0 Å². The highest BCUT2D eigenvalue weighted by molar-refractivity contribution is 7.80. The highest BCUT2D eigenvalue weighted by Gasteiger charge is 2.32. The number of nitrogens with one attached hydrogen (secondary N) is 3. The van der Waals surface area contributed by atoms with E-state index in [4.69, 9.17) is 17.2 Å². The van der Waals surface area contributed by atoms with Crippen molar-refractivity contribution < 1.29 is 29.4 Å². The molecule has 14 heteroatoms. The molecule has 0 aliphatic rings. The third-order valence-corrected chi connectivity index (χ3v) is 4.82. The summed E-state index contributed by atoms with van der Waals surface area (Å²) < 4.78 is 0. The molecule has 0 heterocycles. The van der Waals surface area contributed by atoms with Crippen molar-refractivity contribution in [2.45, 2.75) is 63.9 Å². The van der Waals surface area contributed by atoms with Gasteiger partial charge < -0.3 is 43.4 Å². The van der Waals surface area contributed by atoms with Gasteiger partial charge in [-0.25, -0.2) is 4.79 Å². The number of carbonyl (C=O) groups excluding carboxylic acids is 3. The topological polar surface area (TPSA) is 235 Å². The minimum absolute atomic E-state index is 0.0146. The molecule has 0 fully saturated rings. The fourth-order valence-electron chi connectivity index (χ4n) is 2.45. The number of guanidine groups is 1. The predicted molar refractivity (Wildman–Crippen MR) is 122 cm³/mol. The maximum atomic E-state index is 12.6. The number of carboxylic acid groups (broad SMARTS) is 1. The lowest BCUT2D eigenvalue weighted by Crippen LogP contribution is -2.60. The average molecular weight is 478 g/mol. The molecule has 0 aromatic heterocycles. The van der Waals surface area contributed by atoms with Crippen molar-refractivity contribution in [1.82, 2.24) is 16.0 Å². The lowest BCUT2D eigenvalue weighted by molar-refractivity contribution is -0.143. The molecule has 0 saturated heterocycles. The summed E-state index contributed by atoms with van der Waals surface area (Å²) in [6, 6.07) is -4.74. The molecule has 5 unspecified atom stereocenters. The summed E-state index contributed by atoms with van der Waals surface area (Å²) >= 11 is 4.03. The number of amides is 3. The lowest BCUT2D eigenvalue weighted by atomic mass is 10.0. The molecule has 0 aliphatic heterocycles. The number of hydrogen-bond donors (Lipinski definition) is 9. The summed E-state index contributed by atoms with van der Waals surface area (Å²) in [5.74, 6) is -3.98. The smallest absolute Gasteiger partial charge is 0.326 e. The zero-order valence-electron chi connectivity index (χ0n) is 18.4. The Morgan fingerprint density at radius 1 is 0.969 bits per heavy atom. The molecule has 11 N–H and O–H groups in total. The number of thiol groups is 1. The Kier molecular flexibility index (Phi) is 13.3. The number of aliphatic imine (C=N–C) groups is 1. The molecule has 0 spiro atoms. The third-order valence-electron chi connectivity index (χ3n) is 4.46. The van der Waals surface area contributed by atoms with E-state index in [9.17, 15) is 29.4 Å². The maximum absolute atomic E-state index is 12.6. The number of aliphatic hydroxyl groups is 1. The van der Waals surface area contributed by atoms with Gasteiger partial charge in [-0.1, -0.05) is 13.8 Å². The molecule has 0 aliphatic carbocycles. The minimum Gasteiger partial charge on any atom is -0.480 e. The lowest BCUT2D eigenvalue weighted by Gasteiger charge is -2.26. The number of carbonyl (C=O) groups is 4. The Bertz CT molecular complexity index is 685. The number of nitrogens with two attached hydrogens (primary N) is 3. The first-order valence-electron chi connectivity index (χ1n) is 10.1. The van der Waals surface area contributed by atoms with E-state index in [2.05, 4.69) is 33.6 Å². The van der Waals surface area contributed by atoms with E-state index in [0.29, 0.717) is 0 Å². The SMILES string of the molecule is CC(C)C(N)C(=O)NC(CS)C(=O)NC(C(=O)NC(CCCN=C(N)N)C(=O)O)C(C)O. The maximum Gasteiger partial charge on any atom is 0.326 e. The number of rotatable bonds is 14. The van der Waals surface area contributed by atoms with Crippen molar-refractivity contribution in [3.05, 3.63) is 0 Å². The quantitative estimate of drug-likeness (QED) is 0.0531. The normalized spacial score (nSPS) is 15.6. The summed E-state index contributed by atoms with van der Waals surface area (Å²) in [4.78, 5) is 52.4. The van der Waals surface area contributed by atoms with E-state index in [-0.39, 0.29) is 37.0 Å². The number of nitrogens with zero attached hydrogens (tertiary/aromatic N) is 1. The van der Waals surface area contributed by atoms with Gasteiger partial charge in [0.15, 0.2) is 5.96 Å². The van der Waals surface area contributed by atoms with Gasteiger partial charge in [-0.05, 0) is 25.7 Å². The average Bonchev–Trinajstić information content (AvgIpc) is 2.70. The van der Waals surface area contributed by atoms with Crippen LogP contribution in [0.2, 0.25) is 0 Å². The summed E-state index contributed by atoms with van der Waals surface area (Å²) in [6.07, 6.45) is -1.07. The van der Waals surface area contributed by atoms with E-state index in [1.54, 1.807) is 13.8 Å². The molecule has 0 aromatic rings. The number of hydrogen-bond acceptors (Lipinski definition) is 8. The minimum atomic E-state index is -1.47. The van der Waals surface area contributed by atoms with Crippen molar-refractivity contribution in [1.29, 1.82) is 0 Å². The molecular formula is C18H35N7O6S. The Labute approximate surface area is 192 Å². The van der Waals surface area contributed by atoms with Gasteiger partial charge in [-0.15, -0.1) is 0 Å². The zero-order valence-corrected chi connectivity index (χ0v) is 19.3. The first kappa shape index (κ1) is 29.4. The van der Waals surface area contributed by atoms with Crippen LogP contribution < -0.4 is 33.2 Å². The van der Waals surface area contributed by atoms with Gasteiger partial charge in [-0.2, -0.15) is 12.6 Å². The van der Waals surface area contributed by atoms with Crippen LogP contribution in [0.25, 0.3) is 0 Å². The van der Waals surface area contributed by atoms with Crippen LogP contribution >= 0.6 is 12.6 Å². The molecule has 0 bridgehead atoms. The Morgan fingerprint density at radius 2 is 1.53 bits per heavy atom. The molecule has 0 radical (unpaired) electrons. The van der Waals surface area contributed by atoms with Crippen molar-refractivity contribution in [3.8, 4) is 0 Å². The molecule has 13 nitrogen and oxygen atoms in total. The van der Waals surface area contributed by atoms with E-state index < -0.39 is 54.0 Å². The number of aliphatic carboxylic acids is 1. The standard InChI is InChI=1S/C18H35N7O6S/c1-8(2)12(19)15(28)24-11(7-32)14(27)25-13(9(3)26)16(29)23-10(17(30)31)5-4-6-22-18(20)21/h8-13,26,32H,4-7,19H2,1-3H3,(H,23,29)(H,24,28)(H,25,27)(H,30,31)(H4,20,21,22). The molecule has 0 aromatic carbocycles. The first-order valence-corrected chi connectivity index (χ1v) is 10.7. The van der Waals surface area contributed by atoms with Gasteiger partial charge >= 0.3 is 5.97 Å². The summed E-state index contributed by atoms with van der Waals surface area (Å²) in [7, 11) is 0. The van der Waals surface area contributed by atoms with Gasteiger partial charge in [0.2, 0.25) is 17.7 Å². The van der Waals surface area contributed by atoms with Crippen molar-refractivity contribution in [2.24, 2.45) is 28.1 Å². The number of carboxylic acids is 1. The van der Waals surface area contributed by atoms with Crippen molar-refractivity contribution in [3.63, 3.8) is 0 Å². The molecular weight excluding hydrogens is 442 g/mol. The van der Waals surface area contributed by atoms with Crippen LogP contribution in [0.1, 0.15) is 33.6 Å². The third kappa shape index (κ3) is 10.6. The fourth-order valence-corrected chi connectivity index (χ4v) is 2.70. The Hall–Kier alpha value is -2.58. The number of aliphatic hydroxyl groups excluding tert-OH is 1. The highest BCUT2D eigenvalue weighted by Crippen LogP contribution is 2.03. The van der Waals surface area contributed by atoms with Gasteiger partial charge in [0.1, 0.15) is 18.1 Å². The summed E-state index contributed by atoms with van der Waals surface area (Å²) in [6.45, 7) is 4.90. The summed E-state index contributed by atoms with van der Waals surface area (Å²) in [5, 5.41) is 26.3. The fraction of sp³-hybridized carbons (Fsp3) is 0.722. The monoisotopic (exact) mass is 477 g/mol. The second-order valence-electron chi connectivity index (χ2n) is 7.59. The Morgan fingerprint density at radius 3 is 1.97 bits per heavy atom. The van der Waals surface area contributed by atoms with Crippen LogP contribution in [0.3, 0.4) is 0 Å². The molecule has 5 atom stereocenters. The molecule has 3 amide bonds. The largest absolute Gasteiger partial charge is 0.480 e. The van der Waals surface area contributed by atoms with Crippen molar-refractivity contribution in [2.75, 3.05) is 12.3 Å². The van der Waals surface area contributed by atoms with Crippen LogP contribution in [0, 0.1) is 5.92 Å². The van der Waals surface area contributed by atoms with Crippen LogP contribution in [-0.2, 0) is 19.2 Å². The van der Waals surface area contributed by atoms with Gasteiger partial charge in [0.05, 0.1) is 12.1 Å². The van der Waals surface area contributed by atoms with Crippen LogP contribution in [0.5, 0.6) is 0 Å². The molecule has 184 valence electrons. The highest BCUT2D eigenvalue weighted by atomic mass is 32.1. The predicted octanol–water partition coefficient (Wildman–Crippen LogP) is -3.13. The van der Waals surface area contributed by atoms with Crippen LogP contribution in [0.15, 0.2) is 4.99 Å². The van der Waals surface area contributed by atoms with Gasteiger partial charge in [0.25, 0.3) is 0 Å². The second kappa shape index (κ2) is 14.5. The second-order valence-corrected chi connectivity index (χ2v) is 7.95. The van der Waals surface area contributed by atoms with E-state index in [1.165, 1.54) is 6.92 Å². The Balaban J connectivity index is 5.15. The molecule has 32 heavy (non-hydrogen) atoms. The summed E-state index contributed by atoms with van der Waals surface area (Å²) in [5.41, 5.74) is 16.2. The van der Waals surface area contributed by atoms with Gasteiger partial charge in [0, 0.05) is 12.3 Å². The van der Waals surface area contributed by atoms with Crippen molar-refractivity contribution >= 4 is 42.3 Å². The van der Waals surface area contributed by atoms with E-state index >= 15 is 0 Å². The molecule has 0 saturated carbocycles.